The maximum absolute atomic E-state index is 11.5. The lowest BCUT2D eigenvalue weighted by molar-refractivity contribution is 0.186. The second-order valence-corrected chi connectivity index (χ2v) is 6.63. The standard InChI is InChI=1S/C10H18N4O3S/c1-17-4-3-14-8-12-13-10(14)6-9-7-18(15,16)5-2-11-9/h8-9,11H,2-7H2,1H3. The molecule has 0 aromatic carbocycles. The fraction of sp³-hybridized carbons (Fsp3) is 0.800. The zero-order valence-electron chi connectivity index (χ0n) is 10.4. The summed E-state index contributed by atoms with van der Waals surface area (Å²) in [4.78, 5) is 0. The molecule has 102 valence electrons. The molecule has 1 fully saturated rings. The Hall–Kier alpha value is -0.990. The van der Waals surface area contributed by atoms with Crippen LogP contribution in [0.1, 0.15) is 5.82 Å². The highest BCUT2D eigenvalue weighted by atomic mass is 32.2. The maximum atomic E-state index is 11.5. The van der Waals surface area contributed by atoms with Crippen molar-refractivity contribution in [1.82, 2.24) is 20.1 Å². The monoisotopic (exact) mass is 274 g/mol. The van der Waals surface area contributed by atoms with Gasteiger partial charge in [-0.1, -0.05) is 0 Å². The summed E-state index contributed by atoms with van der Waals surface area (Å²) in [7, 11) is -1.27. The molecule has 2 heterocycles. The summed E-state index contributed by atoms with van der Waals surface area (Å²) in [6.45, 7) is 1.78. The van der Waals surface area contributed by atoms with Gasteiger partial charge in [-0.3, -0.25) is 0 Å². The van der Waals surface area contributed by atoms with Crippen molar-refractivity contribution in [1.29, 1.82) is 0 Å². The molecule has 0 aliphatic carbocycles. The maximum Gasteiger partial charge on any atom is 0.153 e. The molecular weight excluding hydrogens is 256 g/mol. The van der Waals surface area contributed by atoms with E-state index in [9.17, 15) is 8.42 Å². The SMILES string of the molecule is COCCn1cnnc1CC1CS(=O)(=O)CCN1. The summed E-state index contributed by atoms with van der Waals surface area (Å²) in [6.07, 6.45) is 2.22. The van der Waals surface area contributed by atoms with Crippen molar-refractivity contribution in [2.45, 2.75) is 19.0 Å². The highest BCUT2D eigenvalue weighted by Gasteiger charge is 2.25. The van der Waals surface area contributed by atoms with Crippen molar-refractivity contribution in [3.05, 3.63) is 12.2 Å². The summed E-state index contributed by atoms with van der Waals surface area (Å²) in [5.41, 5.74) is 0. The Bertz CT molecular complexity index is 485. The Morgan fingerprint density at radius 2 is 2.44 bits per heavy atom. The molecule has 0 amide bonds. The minimum absolute atomic E-state index is 0.0748. The van der Waals surface area contributed by atoms with E-state index in [1.807, 2.05) is 4.57 Å². The molecule has 2 rings (SSSR count). The van der Waals surface area contributed by atoms with E-state index in [0.29, 0.717) is 26.1 Å². The predicted octanol–water partition coefficient (Wildman–Crippen LogP) is -1.15. The van der Waals surface area contributed by atoms with E-state index < -0.39 is 9.84 Å². The van der Waals surface area contributed by atoms with E-state index in [2.05, 4.69) is 15.5 Å². The van der Waals surface area contributed by atoms with Crippen LogP contribution in [0.25, 0.3) is 0 Å². The number of nitrogens with one attached hydrogen (secondary N) is 1. The molecule has 0 bridgehead atoms. The molecule has 1 saturated heterocycles. The lowest BCUT2D eigenvalue weighted by atomic mass is 10.2. The predicted molar refractivity (Wildman–Crippen MR) is 66.0 cm³/mol. The van der Waals surface area contributed by atoms with Crippen molar-refractivity contribution < 1.29 is 13.2 Å². The molecule has 7 nitrogen and oxygen atoms in total. The molecule has 0 radical (unpaired) electrons. The highest BCUT2D eigenvalue weighted by Crippen LogP contribution is 2.07. The summed E-state index contributed by atoms with van der Waals surface area (Å²) >= 11 is 0. The molecule has 1 aliphatic heterocycles. The second-order valence-electron chi connectivity index (χ2n) is 4.40. The van der Waals surface area contributed by atoms with Crippen LogP contribution in [0.5, 0.6) is 0 Å². The number of aromatic nitrogens is 3. The Labute approximate surface area is 106 Å². The number of nitrogens with zero attached hydrogens (tertiary/aromatic N) is 3. The minimum Gasteiger partial charge on any atom is -0.383 e. The summed E-state index contributed by atoms with van der Waals surface area (Å²) in [5.74, 6) is 1.19. The summed E-state index contributed by atoms with van der Waals surface area (Å²) in [5, 5.41) is 11.1. The third-order valence-corrected chi connectivity index (χ3v) is 4.70. The first-order valence-corrected chi connectivity index (χ1v) is 7.72. The van der Waals surface area contributed by atoms with Crippen LogP contribution in [0.3, 0.4) is 0 Å². The molecule has 1 aliphatic rings. The van der Waals surface area contributed by atoms with Gasteiger partial charge in [0.15, 0.2) is 9.84 Å². The Balaban J connectivity index is 1.98. The smallest absolute Gasteiger partial charge is 0.153 e. The molecule has 0 spiro atoms. The van der Waals surface area contributed by atoms with Crippen molar-refractivity contribution >= 4 is 9.84 Å². The van der Waals surface area contributed by atoms with Gasteiger partial charge in [-0.25, -0.2) is 8.42 Å². The van der Waals surface area contributed by atoms with Gasteiger partial charge in [-0.15, -0.1) is 10.2 Å². The first kappa shape index (κ1) is 13.4. The molecule has 8 heteroatoms. The van der Waals surface area contributed by atoms with Gasteiger partial charge >= 0.3 is 0 Å². The lowest BCUT2D eigenvalue weighted by Gasteiger charge is -2.23. The lowest BCUT2D eigenvalue weighted by Crippen LogP contribution is -2.46. The Morgan fingerprint density at radius 3 is 3.17 bits per heavy atom. The molecule has 1 N–H and O–H groups in total. The van der Waals surface area contributed by atoms with Crippen molar-refractivity contribution in [3.63, 3.8) is 0 Å². The van der Waals surface area contributed by atoms with Crippen molar-refractivity contribution in [2.75, 3.05) is 31.8 Å². The van der Waals surface area contributed by atoms with Gasteiger partial charge < -0.3 is 14.6 Å². The number of hydrogen-bond donors (Lipinski definition) is 1. The number of rotatable bonds is 5. The van der Waals surface area contributed by atoms with Gasteiger partial charge in [0, 0.05) is 32.7 Å². The van der Waals surface area contributed by atoms with Gasteiger partial charge in [0.1, 0.15) is 12.2 Å². The zero-order valence-corrected chi connectivity index (χ0v) is 11.2. The van der Waals surface area contributed by atoms with E-state index in [1.54, 1.807) is 13.4 Å². The molecule has 1 unspecified atom stereocenters. The second kappa shape index (κ2) is 5.77. The van der Waals surface area contributed by atoms with Crippen molar-refractivity contribution in [2.24, 2.45) is 0 Å². The zero-order chi connectivity index (χ0) is 13.0. The van der Waals surface area contributed by atoms with Crippen LogP contribution < -0.4 is 5.32 Å². The Morgan fingerprint density at radius 1 is 1.61 bits per heavy atom. The Kier molecular flexibility index (Phi) is 4.31. The summed E-state index contributed by atoms with van der Waals surface area (Å²) < 4.78 is 30.0. The first-order chi connectivity index (χ1) is 8.61. The van der Waals surface area contributed by atoms with Crippen LogP contribution in [0.4, 0.5) is 0 Å². The first-order valence-electron chi connectivity index (χ1n) is 5.90. The van der Waals surface area contributed by atoms with Gasteiger partial charge in [0.05, 0.1) is 18.1 Å². The van der Waals surface area contributed by atoms with Crippen LogP contribution in [0.2, 0.25) is 0 Å². The molecule has 1 aromatic heterocycles. The molecule has 1 aromatic rings. The number of hydrogen-bond acceptors (Lipinski definition) is 6. The molecule has 0 saturated carbocycles. The molecule has 1 atom stereocenters. The minimum atomic E-state index is -2.91. The average Bonchev–Trinajstić information content (AvgIpc) is 2.72. The largest absolute Gasteiger partial charge is 0.383 e. The fourth-order valence-electron chi connectivity index (χ4n) is 2.03. The highest BCUT2D eigenvalue weighted by molar-refractivity contribution is 7.91. The van der Waals surface area contributed by atoms with Crippen LogP contribution in [0, 0.1) is 0 Å². The third-order valence-electron chi connectivity index (χ3n) is 2.96. The molecular formula is C10H18N4O3S. The van der Waals surface area contributed by atoms with E-state index in [4.69, 9.17) is 4.74 Å². The van der Waals surface area contributed by atoms with E-state index in [1.165, 1.54) is 0 Å². The van der Waals surface area contributed by atoms with Gasteiger partial charge in [-0.2, -0.15) is 0 Å². The van der Waals surface area contributed by atoms with E-state index in [-0.39, 0.29) is 17.5 Å². The van der Waals surface area contributed by atoms with Gasteiger partial charge in [0.25, 0.3) is 0 Å². The van der Waals surface area contributed by atoms with Gasteiger partial charge in [-0.05, 0) is 0 Å². The topological polar surface area (TPSA) is 86.1 Å². The normalized spacial score (nSPS) is 23.1. The molecule has 18 heavy (non-hydrogen) atoms. The number of sulfone groups is 1. The van der Waals surface area contributed by atoms with Crippen LogP contribution in [-0.4, -0.2) is 61.0 Å². The van der Waals surface area contributed by atoms with Crippen molar-refractivity contribution in [3.8, 4) is 0 Å². The number of methoxy groups -OCH3 is 1. The van der Waals surface area contributed by atoms with E-state index in [0.717, 1.165) is 5.82 Å². The van der Waals surface area contributed by atoms with E-state index >= 15 is 0 Å². The van der Waals surface area contributed by atoms with Crippen LogP contribution >= 0.6 is 0 Å². The van der Waals surface area contributed by atoms with Gasteiger partial charge in [0.2, 0.25) is 0 Å². The fourth-order valence-corrected chi connectivity index (χ4v) is 3.48. The van der Waals surface area contributed by atoms with Crippen LogP contribution in [-0.2, 0) is 27.5 Å². The third kappa shape index (κ3) is 3.50. The number of ether oxygens (including phenoxy) is 1. The quantitative estimate of drug-likeness (QED) is 0.730. The summed E-state index contributed by atoms with van der Waals surface area (Å²) in [6, 6.07) is -0.0748. The average molecular weight is 274 g/mol. The van der Waals surface area contributed by atoms with Crippen LogP contribution in [0.15, 0.2) is 6.33 Å².